The smallest absolute Gasteiger partial charge is 0.254 e. The Hall–Kier alpha value is -1.07. The summed E-state index contributed by atoms with van der Waals surface area (Å²) in [6.07, 6.45) is 0.782. The third-order valence-electron chi connectivity index (χ3n) is 2.81. The van der Waals surface area contributed by atoms with Crippen molar-refractivity contribution in [3.05, 3.63) is 56.2 Å². The minimum Gasteiger partial charge on any atom is -0.310 e. The summed E-state index contributed by atoms with van der Waals surface area (Å²) in [7, 11) is 0. The van der Waals surface area contributed by atoms with Crippen LogP contribution in [0.2, 0.25) is 0 Å². The molecule has 0 aliphatic heterocycles. The van der Waals surface area contributed by atoms with E-state index < -0.39 is 0 Å². The molecular formula is C14H15BrN2OS. The van der Waals surface area contributed by atoms with Crippen LogP contribution in [0.4, 0.5) is 0 Å². The molecule has 1 heterocycles. The van der Waals surface area contributed by atoms with E-state index in [-0.39, 0.29) is 5.56 Å². The van der Waals surface area contributed by atoms with Crippen LogP contribution in [-0.2, 0) is 12.2 Å². The van der Waals surface area contributed by atoms with Crippen LogP contribution in [0.1, 0.15) is 24.0 Å². The van der Waals surface area contributed by atoms with Crippen molar-refractivity contribution in [1.82, 2.24) is 9.97 Å². The number of aromatic nitrogens is 2. The molecule has 1 N–H and O–H groups in total. The van der Waals surface area contributed by atoms with E-state index in [2.05, 4.69) is 32.0 Å². The number of hydrogen-bond donors (Lipinski definition) is 1. The van der Waals surface area contributed by atoms with Crippen molar-refractivity contribution >= 4 is 27.7 Å². The van der Waals surface area contributed by atoms with Crippen molar-refractivity contribution in [2.24, 2.45) is 0 Å². The van der Waals surface area contributed by atoms with E-state index in [4.69, 9.17) is 0 Å². The Bertz CT molecular complexity index is 640. The summed E-state index contributed by atoms with van der Waals surface area (Å²) in [5.41, 5.74) is 1.57. The summed E-state index contributed by atoms with van der Waals surface area (Å²) in [6, 6.07) is 8.08. The molecule has 0 spiro atoms. The predicted octanol–water partition coefficient (Wildman–Crippen LogP) is 3.70. The molecular weight excluding hydrogens is 324 g/mol. The molecule has 1 aromatic carbocycles. The molecule has 2 aromatic rings. The quantitative estimate of drug-likeness (QED) is 0.864. The Morgan fingerprint density at radius 3 is 2.89 bits per heavy atom. The van der Waals surface area contributed by atoms with E-state index in [0.717, 1.165) is 32.9 Å². The first kappa shape index (κ1) is 14.3. The van der Waals surface area contributed by atoms with Gasteiger partial charge in [0.25, 0.3) is 5.56 Å². The highest BCUT2D eigenvalue weighted by molar-refractivity contribution is 9.10. The zero-order valence-electron chi connectivity index (χ0n) is 10.9. The number of rotatable bonds is 4. The molecule has 0 atom stereocenters. The summed E-state index contributed by atoms with van der Waals surface area (Å²) in [5.74, 6) is 1.40. The molecule has 100 valence electrons. The van der Waals surface area contributed by atoms with Crippen LogP contribution < -0.4 is 5.56 Å². The minimum atomic E-state index is -0.0308. The number of benzene rings is 1. The van der Waals surface area contributed by atoms with Gasteiger partial charge in [-0.05, 0) is 31.5 Å². The van der Waals surface area contributed by atoms with Gasteiger partial charge in [0.2, 0.25) is 0 Å². The highest BCUT2D eigenvalue weighted by Gasteiger charge is 2.06. The number of aryl methyl sites for hydroxylation is 1. The Morgan fingerprint density at radius 2 is 2.21 bits per heavy atom. The van der Waals surface area contributed by atoms with Crippen molar-refractivity contribution < 1.29 is 0 Å². The number of hydrogen-bond acceptors (Lipinski definition) is 3. The second-order valence-corrected chi connectivity index (χ2v) is 6.15. The van der Waals surface area contributed by atoms with Gasteiger partial charge in [-0.25, -0.2) is 4.98 Å². The summed E-state index contributed by atoms with van der Waals surface area (Å²) < 4.78 is 1.05. The second kappa shape index (κ2) is 6.39. The highest BCUT2D eigenvalue weighted by atomic mass is 79.9. The number of nitrogens with one attached hydrogen (secondary N) is 1. The van der Waals surface area contributed by atoms with Crippen molar-refractivity contribution in [2.75, 3.05) is 0 Å². The lowest BCUT2D eigenvalue weighted by Crippen LogP contribution is -2.17. The third-order valence-corrected chi connectivity index (χ3v) is 4.31. The van der Waals surface area contributed by atoms with Gasteiger partial charge in [-0.1, -0.05) is 28.9 Å². The topological polar surface area (TPSA) is 45.8 Å². The van der Waals surface area contributed by atoms with Gasteiger partial charge in [0.05, 0.1) is 11.4 Å². The SMILES string of the molecule is CCc1nc(CSc2cccc(Br)c2)[nH]c(=O)c1C. The number of halogens is 1. The van der Waals surface area contributed by atoms with Gasteiger partial charge in [-0.2, -0.15) is 0 Å². The monoisotopic (exact) mass is 338 g/mol. The number of aromatic amines is 1. The number of H-pyrrole nitrogens is 1. The maximum absolute atomic E-state index is 11.8. The zero-order valence-corrected chi connectivity index (χ0v) is 13.3. The van der Waals surface area contributed by atoms with E-state index in [0.29, 0.717) is 5.75 Å². The van der Waals surface area contributed by atoms with Crippen LogP contribution in [-0.4, -0.2) is 9.97 Å². The predicted molar refractivity (Wildman–Crippen MR) is 82.7 cm³/mol. The lowest BCUT2D eigenvalue weighted by atomic mass is 10.2. The maximum atomic E-state index is 11.8. The van der Waals surface area contributed by atoms with Gasteiger partial charge in [-0.3, -0.25) is 4.79 Å². The van der Waals surface area contributed by atoms with Gasteiger partial charge < -0.3 is 4.98 Å². The van der Waals surface area contributed by atoms with E-state index in [1.807, 2.05) is 32.0 Å². The van der Waals surface area contributed by atoms with Crippen LogP contribution in [0, 0.1) is 6.92 Å². The fourth-order valence-corrected chi connectivity index (χ4v) is 3.13. The Kier molecular flexibility index (Phi) is 4.82. The lowest BCUT2D eigenvalue weighted by Gasteiger charge is -2.06. The molecule has 0 fully saturated rings. The molecule has 19 heavy (non-hydrogen) atoms. The highest BCUT2D eigenvalue weighted by Crippen LogP contribution is 2.24. The van der Waals surface area contributed by atoms with Crippen LogP contribution in [0.25, 0.3) is 0 Å². The average Bonchev–Trinajstić information content (AvgIpc) is 2.40. The van der Waals surface area contributed by atoms with Crippen molar-refractivity contribution in [1.29, 1.82) is 0 Å². The largest absolute Gasteiger partial charge is 0.310 e. The molecule has 0 aliphatic carbocycles. The molecule has 3 nitrogen and oxygen atoms in total. The van der Waals surface area contributed by atoms with Crippen LogP contribution in [0.3, 0.4) is 0 Å². The minimum absolute atomic E-state index is 0.0308. The van der Waals surface area contributed by atoms with Crippen LogP contribution in [0.5, 0.6) is 0 Å². The first-order chi connectivity index (χ1) is 9.10. The van der Waals surface area contributed by atoms with Gasteiger partial charge in [0.1, 0.15) is 5.82 Å². The first-order valence-electron chi connectivity index (χ1n) is 6.07. The van der Waals surface area contributed by atoms with Crippen molar-refractivity contribution in [3.8, 4) is 0 Å². The molecule has 0 aliphatic rings. The summed E-state index contributed by atoms with van der Waals surface area (Å²) >= 11 is 5.10. The average molecular weight is 339 g/mol. The van der Waals surface area contributed by atoms with Crippen molar-refractivity contribution in [2.45, 2.75) is 30.9 Å². The second-order valence-electron chi connectivity index (χ2n) is 4.18. The molecule has 0 saturated heterocycles. The van der Waals surface area contributed by atoms with E-state index in [9.17, 15) is 4.79 Å². The Balaban J connectivity index is 2.16. The fourth-order valence-electron chi connectivity index (χ4n) is 1.75. The summed E-state index contributed by atoms with van der Waals surface area (Å²) in [5, 5.41) is 0. The Morgan fingerprint density at radius 1 is 1.42 bits per heavy atom. The molecule has 2 rings (SSSR count). The fraction of sp³-hybridized carbons (Fsp3) is 0.286. The molecule has 0 radical (unpaired) electrons. The van der Waals surface area contributed by atoms with E-state index in [1.165, 1.54) is 0 Å². The lowest BCUT2D eigenvalue weighted by molar-refractivity contribution is 0.895. The standard InChI is InChI=1S/C14H15BrN2OS/c1-3-12-9(2)14(18)17-13(16-12)8-19-11-6-4-5-10(15)7-11/h4-7H,3,8H2,1-2H3,(H,16,17,18). The van der Waals surface area contributed by atoms with Crippen LogP contribution in [0.15, 0.2) is 38.4 Å². The van der Waals surface area contributed by atoms with Gasteiger partial charge in [0.15, 0.2) is 0 Å². The Labute approximate surface area is 125 Å². The molecule has 1 aromatic heterocycles. The summed E-state index contributed by atoms with van der Waals surface area (Å²) in [4.78, 5) is 20.3. The van der Waals surface area contributed by atoms with Gasteiger partial charge in [0, 0.05) is 14.9 Å². The normalized spacial score (nSPS) is 10.7. The van der Waals surface area contributed by atoms with Crippen molar-refractivity contribution in [3.63, 3.8) is 0 Å². The molecule has 0 unspecified atom stereocenters. The number of nitrogens with zero attached hydrogens (tertiary/aromatic N) is 1. The van der Waals surface area contributed by atoms with Gasteiger partial charge >= 0.3 is 0 Å². The zero-order chi connectivity index (χ0) is 13.8. The van der Waals surface area contributed by atoms with E-state index >= 15 is 0 Å². The molecule has 0 saturated carbocycles. The summed E-state index contributed by atoms with van der Waals surface area (Å²) in [6.45, 7) is 3.83. The van der Waals surface area contributed by atoms with Gasteiger partial charge in [-0.15, -0.1) is 11.8 Å². The number of thioether (sulfide) groups is 1. The first-order valence-corrected chi connectivity index (χ1v) is 7.85. The maximum Gasteiger partial charge on any atom is 0.254 e. The molecule has 0 bridgehead atoms. The third kappa shape index (κ3) is 3.70. The molecule has 0 amide bonds. The van der Waals surface area contributed by atoms with Crippen LogP contribution >= 0.6 is 27.7 Å². The van der Waals surface area contributed by atoms with E-state index in [1.54, 1.807) is 11.8 Å². The molecule has 5 heteroatoms.